The number of amides is 2. The summed E-state index contributed by atoms with van der Waals surface area (Å²) in [7, 11) is 0. The van der Waals surface area contributed by atoms with Gasteiger partial charge in [0.15, 0.2) is 0 Å². The van der Waals surface area contributed by atoms with E-state index >= 15 is 0 Å². The highest BCUT2D eigenvalue weighted by molar-refractivity contribution is 5.89. The molecule has 0 radical (unpaired) electrons. The van der Waals surface area contributed by atoms with Gasteiger partial charge in [-0.3, -0.25) is 0 Å². The number of rotatable bonds is 4. The summed E-state index contributed by atoms with van der Waals surface area (Å²) in [5.74, 6) is 0. The van der Waals surface area contributed by atoms with Crippen LogP contribution >= 0.6 is 0 Å². The first-order chi connectivity index (χ1) is 10.4. The lowest BCUT2D eigenvalue weighted by Gasteiger charge is -2.15. The molecule has 2 N–H and O–H groups in total. The molecule has 1 aromatic carbocycles. The van der Waals surface area contributed by atoms with Crippen LogP contribution in [0.15, 0.2) is 30.9 Å². The molecule has 1 aromatic heterocycles. The van der Waals surface area contributed by atoms with Crippen LogP contribution in [0.2, 0.25) is 0 Å². The van der Waals surface area contributed by atoms with Crippen molar-refractivity contribution in [2.45, 2.75) is 19.5 Å². The van der Waals surface area contributed by atoms with Crippen LogP contribution in [0, 0.1) is 0 Å². The lowest BCUT2D eigenvalue weighted by atomic mass is 10.1. The fourth-order valence-corrected chi connectivity index (χ4v) is 1.79. The van der Waals surface area contributed by atoms with Gasteiger partial charge in [-0.1, -0.05) is 6.92 Å². The first-order valence-electron chi connectivity index (χ1n) is 6.53. The van der Waals surface area contributed by atoms with Gasteiger partial charge in [0.05, 0.1) is 11.3 Å². The minimum Gasteiger partial charge on any atom is -0.338 e. The smallest absolute Gasteiger partial charge is 0.338 e. The number of carbonyl (C=O) groups is 1. The second kappa shape index (κ2) is 6.46. The number of nitrogens with zero attached hydrogens (tertiary/aromatic N) is 3. The van der Waals surface area contributed by atoms with Gasteiger partial charge in [-0.05, 0) is 24.6 Å². The number of hydrogen-bond acceptors (Lipinski definition) is 3. The Hall–Kier alpha value is -2.58. The summed E-state index contributed by atoms with van der Waals surface area (Å²) in [6.07, 6.45) is -1.54. The highest BCUT2D eigenvalue weighted by Crippen LogP contribution is 2.35. The average molecular weight is 313 g/mol. The molecular weight excluding hydrogens is 299 g/mol. The predicted molar refractivity (Wildman–Crippen MR) is 73.7 cm³/mol. The van der Waals surface area contributed by atoms with Crippen LogP contribution < -0.4 is 10.6 Å². The zero-order chi connectivity index (χ0) is 16.2. The van der Waals surface area contributed by atoms with Gasteiger partial charge >= 0.3 is 12.2 Å². The number of anilines is 1. The van der Waals surface area contributed by atoms with Crippen LogP contribution in [0.25, 0.3) is 5.69 Å². The average Bonchev–Trinajstić information content (AvgIpc) is 2.98. The first kappa shape index (κ1) is 15.8. The third-order valence-electron chi connectivity index (χ3n) is 2.76. The molecule has 1 heterocycles. The Balaban J connectivity index is 2.30. The quantitative estimate of drug-likeness (QED) is 0.911. The van der Waals surface area contributed by atoms with Crippen molar-refractivity contribution in [3.63, 3.8) is 0 Å². The molecule has 118 valence electrons. The predicted octanol–water partition coefficient (Wildman–Crippen LogP) is 2.82. The molecule has 2 amide bonds. The normalized spacial score (nSPS) is 11.3. The van der Waals surface area contributed by atoms with E-state index in [0.29, 0.717) is 6.54 Å². The van der Waals surface area contributed by atoms with E-state index in [9.17, 15) is 18.0 Å². The van der Waals surface area contributed by atoms with Gasteiger partial charge in [-0.2, -0.15) is 18.3 Å². The lowest BCUT2D eigenvalue weighted by molar-refractivity contribution is -0.137. The third-order valence-corrected chi connectivity index (χ3v) is 2.76. The summed E-state index contributed by atoms with van der Waals surface area (Å²) in [5.41, 5.74) is -1.03. The molecule has 0 bridgehead atoms. The van der Waals surface area contributed by atoms with E-state index in [0.717, 1.165) is 23.5 Å². The van der Waals surface area contributed by atoms with E-state index in [-0.39, 0.29) is 11.4 Å². The number of nitrogens with one attached hydrogen (secondary N) is 2. The van der Waals surface area contributed by atoms with Crippen molar-refractivity contribution in [2.24, 2.45) is 0 Å². The number of urea groups is 1. The Morgan fingerprint density at radius 3 is 2.73 bits per heavy atom. The Labute approximate surface area is 124 Å². The molecule has 0 saturated carbocycles. The highest BCUT2D eigenvalue weighted by Gasteiger charge is 2.34. The molecule has 0 fully saturated rings. The van der Waals surface area contributed by atoms with Gasteiger partial charge in [-0.15, -0.1) is 0 Å². The van der Waals surface area contributed by atoms with Crippen LogP contribution in [0.3, 0.4) is 0 Å². The topological polar surface area (TPSA) is 71.8 Å². The number of halogens is 3. The number of benzene rings is 1. The summed E-state index contributed by atoms with van der Waals surface area (Å²) in [5, 5.41) is 8.59. The standard InChI is InChI=1S/C13H14F3N5O/c1-2-5-18-12(22)20-9-3-4-11(21-8-17-7-19-21)10(6-9)13(14,15)16/h3-4,6-8H,2,5H2,1H3,(H2,18,20,22). The van der Waals surface area contributed by atoms with Gasteiger partial charge in [0.2, 0.25) is 0 Å². The molecule has 0 aliphatic rings. The second-order valence-corrected chi connectivity index (χ2v) is 4.45. The lowest BCUT2D eigenvalue weighted by Crippen LogP contribution is -2.29. The van der Waals surface area contributed by atoms with Crippen molar-refractivity contribution in [1.82, 2.24) is 20.1 Å². The Morgan fingerprint density at radius 2 is 2.14 bits per heavy atom. The summed E-state index contributed by atoms with van der Waals surface area (Å²) in [6, 6.07) is 2.91. The molecule has 0 atom stereocenters. The fourth-order valence-electron chi connectivity index (χ4n) is 1.79. The zero-order valence-corrected chi connectivity index (χ0v) is 11.7. The molecule has 2 aromatic rings. The highest BCUT2D eigenvalue weighted by atomic mass is 19.4. The number of alkyl halides is 3. The maximum absolute atomic E-state index is 13.2. The minimum atomic E-state index is -4.58. The van der Waals surface area contributed by atoms with E-state index in [2.05, 4.69) is 20.7 Å². The Kier molecular flexibility index (Phi) is 4.64. The van der Waals surface area contributed by atoms with Crippen LogP contribution in [0.1, 0.15) is 18.9 Å². The van der Waals surface area contributed by atoms with Crippen molar-refractivity contribution in [3.05, 3.63) is 36.4 Å². The van der Waals surface area contributed by atoms with Crippen molar-refractivity contribution < 1.29 is 18.0 Å². The molecule has 0 spiro atoms. The van der Waals surface area contributed by atoms with Crippen molar-refractivity contribution in [1.29, 1.82) is 0 Å². The van der Waals surface area contributed by atoms with Crippen molar-refractivity contribution in [2.75, 3.05) is 11.9 Å². The van der Waals surface area contributed by atoms with Gasteiger partial charge in [0.25, 0.3) is 0 Å². The molecule has 0 aliphatic heterocycles. The van der Waals surface area contributed by atoms with E-state index < -0.39 is 17.8 Å². The number of aromatic nitrogens is 3. The monoisotopic (exact) mass is 313 g/mol. The Bertz CT molecular complexity index is 640. The largest absolute Gasteiger partial charge is 0.418 e. The summed E-state index contributed by atoms with van der Waals surface area (Å²) in [6.45, 7) is 2.31. The molecule has 2 rings (SSSR count). The summed E-state index contributed by atoms with van der Waals surface area (Å²) < 4.78 is 40.5. The minimum absolute atomic E-state index is 0.0461. The van der Waals surface area contributed by atoms with Crippen LogP contribution in [-0.4, -0.2) is 27.3 Å². The van der Waals surface area contributed by atoms with Gasteiger partial charge in [-0.25, -0.2) is 14.5 Å². The van der Waals surface area contributed by atoms with Crippen LogP contribution in [-0.2, 0) is 6.18 Å². The maximum Gasteiger partial charge on any atom is 0.418 e. The molecular formula is C13H14F3N5O. The fraction of sp³-hybridized carbons (Fsp3) is 0.308. The van der Waals surface area contributed by atoms with Crippen LogP contribution in [0.4, 0.5) is 23.7 Å². The third kappa shape index (κ3) is 3.74. The molecule has 0 aliphatic carbocycles. The maximum atomic E-state index is 13.2. The molecule has 6 nitrogen and oxygen atoms in total. The van der Waals surface area contributed by atoms with E-state index in [1.54, 1.807) is 0 Å². The van der Waals surface area contributed by atoms with Crippen molar-refractivity contribution >= 4 is 11.7 Å². The molecule has 0 saturated heterocycles. The SMILES string of the molecule is CCCNC(=O)Nc1ccc(-n2cncn2)c(C(F)(F)F)c1. The van der Waals surface area contributed by atoms with Gasteiger partial charge in [0.1, 0.15) is 12.7 Å². The first-order valence-corrected chi connectivity index (χ1v) is 6.53. The number of hydrogen-bond donors (Lipinski definition) is 2. The van der Waals surface area contributed by atoms with E-state index in [1.165, 1.54) is 18.5 Å². The summed E-state index contributed by atoms with van der Waals surface area (Å²) in [4.78, 5) is 15.1. The zero-order valence-electron chi connectivity index (χ0n) is 11.7. The Morgan fingerprint density at radius 1 is 1.36 bits per heavy atom. The van der Waals surface area contributed by atoms with Crippen LogP contribution in [0.5, 0.6) is 0 Å². The van der Waals surface area contributed by atoms with E-state index in [1.807, 2.05) is 6.92 Å². The van der Waals surface area contributed by atoms with Crippen molar-refractivity contribution in [3.8, 4) is 5.69 Å². The second-order valence-electron chi connectivity index (χ2n) is 4.45. The molecule has 0 unspecified atom stereocenters. The molecule has 9 heteroatoms. The van der Waals surface area contributed by atoms with Gasteiger partial charge < -0.3 is 10.6 Å². The summed E-state index contributed by atoms with van der Waals surface area (Å²) >= 11 is 0. The number of carbonyl (C=O) groups excluding carboxylic acids is 1. The van der Waals surface area contributed by atoms with Gasteiger partial charge in [0, 0.05) is 12.2 Å². The molecule has 22 heavy (non-hydrogen) atoms. The van der Waals surface area contributed by atoms with E-state index in [4.69, 9.17) is 0 Å².